The molecule has 4 heteroatoms. The number of hydrogen-bond donors (Lipinski definition) is 1. The fourth-order valence-corrected chi connectivity index (χ4v) is 5.10. The minimum absolute atomic E-state index is 0.320. The summed E-state index contributed by atoms with van der Waals surface area (Å²) < 4.78 is 7.37. The third-order valence-corrected chi connectivity index (χ3v) is 6.30. The van der Waals surface area contributed by atoms with Crippen molar-refractivity contribution in [2.45, 2.75) is 45.1 Å². The Morgan fingerprint density at radius 1 is 1.50 bits per heavy atom. The molecular formula is C16H24BrNOS. The van der Waals surface area contributed by atoms with Crippen LogP contribution in [0.4, 0.5) is 0 Å². The van der Waals surface area contributed by atoms with Gasteiger partial charge in [0.05, 0.1) is 6.10 Å². The van der Waals surface area contributed by atoms with Crippen LogP contribution >= 0.6 is 27.3 Å². The second-order valence-corrected chi connectivity index (χ2v) is 8.24. The van der Waals surface area contributed by atoms with E-state index in [1.165, 1.54) is 41.5 Å². The number of hydrogen-bond acceptors (Lipinski definition) is 3. The van der Waals surface area contributed by atoms with Crippen LogP contribution in [0.2, 0.25) is 0 Å². The van der Waals surface area contributed by atoms with Gasteiger partial charge in [0, 0.05) is 33.3 Å². The van der Waals surface area contributed by atoms with Gasteiger partial charge in [-0.3, -0.25) is 0 Å². The van der Waals surface area contributed by atoms with Gasteiger partial charge in [0.1, 0.15) is 0 Å². The fraction of sp³-hybridized carbons (Fsp3) is 0.750. The van der Waals surface area contributed by atoms with Crippen molar-refractivity contribution < 1.29 is 4.74 Å². The zero-order chi connectivity index (χ0) is 14.0. The molecule has 2 fully saturated rings. The van der Waals surface area contributed by atoms with Crippen molar-refractivity contribution in [3.63, 3.8) is 0 Å². The van der Waals surface area contributed by atoms with Gasteiger partial charge < -0.3 is 10.1 Å². The van der Waals surface area contributed by atoms with E-state index in [0.29, 0.717) is 11.5 Å². The average molecular weight is 358 g/mol. The van der Waals surface area contributed by atoms with Gasteiger partial charge in [-0.2, -0.15) is 0 Å². The van der Waals surface area contributed by atoms with Gasteiger partial charge in [-0.15, -0.1) is 11.3 Å². The molecule has 0 spiro atoms. The van der Waals surface area contributed by atoms with Crippen molar-refractivity contribution in [3.8, 4) is 0 Å². The van der Waals surface area contributed by atoms with E-state index in [4.69, 9.17) is 4.74 Å². The zero-order valence-corrected chi connectivity index (χ0v) is 14.6. The highest BCUT2D eigenvalue weighted by Crippen LogP contribution is 2.49. The molecule has 0 aromatic carbocycles. The molecule has 0 amide bonds. The van der Waals surface area contributed by atoms with E-state index in [1.807, 2.05) is 11.3 Å². The van der Waals surface area contributed by atoms with Gasteiger partial charge in [-0.05, 0) is 66.6 Å². The molecule has 1 aromatic heterocycles. The highest BCUT2D eigenvalue weighted by Gasteiger charge is 2.50. The lowest BCUT2D eigenvalue weighted by molar-refractivity contribution is 0.0310. The van der Waals surface area contributed by atoms with Crippen molar-refractivity contribution in [1.29, 1.82) is 0 Å². The maximum atomic E-state index is 6.16. The molecule has 1 aliphatic carbocycles. The van der Waals surface area contributed by atoms with Crippen molar-refractivity contribution in [2.75, 3.05) is 19.7 Å². The van der Waals surface area contributed by atoms with Crippen molar-refractivity contribution in [3.05, 3.63) is 20.8 Å². The van der Waals surface area contributed by atoms with Crippen LogP contribution in [0.1, 0.15) is 37.5 Å². The molecule has 1 saturated heterocycles. The second kappa shape index (κ2) is 6.47. The van der Waals surface area contributed by atoms with Crippen molar-refractivity contribution in [2.24, 2.45) is 11.3 Å². The summed E-state index contributed by atoms with van der Waals surface area (Å²) in [4.78, 5) is 1.49. The first-order valence-electron chi connectivity index (χ1n) is 7.79. The smallest absolute Gasteiger partial charge is 0.0675 e. The number of halogens is 1. The van der Waals surface area contributed by atoms with Crippen LogP contribution in [-0.2, 0) is 11.2 Å². The normalized spacial score (nSPS) is 30.0. The predicted molar refractivity (Wildman–Crippen MR) is 88.4 cm³/mol. The summed E-state index contributed by atoms with van der Waals surface area (Å²) in [6.45, 7) is 5.41. The van der Waals surface area contributed by atoms with Crippen LogP contribution in [0.15, 0.2) is 15.9 Å². The lowest BCUT2D eigenvalue weighted by atomic mass is 9.75. The largest absolute Gasteiger partial charge is 0.377 e. The van der Waals surface area contributed by atoms with E-state index in [9.17, 15) is 0 Å². The van der Waals surface area contributed by atoms with E-state index in [1.54, 1.807) is 0 Å². The molecule has 2 heterocycles. The Hall–Kier alpha value is 0.1000. The molecule has 20 heavy (non-hydrogen) atoms. The number of ether oxygens (including phenoxy) is 1. The molecule has 1 saturated carbocycles. The molecule has 1 aromatic rings. The van der Waals surface area contributed by atoms with Gasteiger partial charge in [-0.25, -0.2) is 0 Å². The number of thiophene rings is 1. The van der Waals surface area contributed by atoms with E-state index >= 15 is 0 Å². The molecule has 2 nitrogen and oxygen atoms in total. The van der Waals surface area contributed by atoms with Crippen LogP contribution in [0.3, 0.4) is 0 Å². The first-order valence-corrected chi connectivity index (χ1v) is 9.46. The first kappa shape index (κ1) is 15.0. The number of rotatable bonds is 7. The highest BCUT2D eigenvalue weighted by molar-refractivity contribution is 9.10. The summed E-state index contributed by atoms with van der Waals surface area (Å²) in [6.07, 6.45) is 6.80. The van der Waals surface area contributed by atoms with Crippen LogP contribution in [-0.4, -0.2) is 25.8 Å². The lowest BCUT2D eigenvalue weighted by Gasteiger charge is -2.34. The molecule has 3 rings (SSSR count). The summed E-state index contributed by atoms with van der Waals surface area (Å²) >= 11 is 5.46. The molecule has 0 bridgehead atoms. The first-order chi connectivity index (χ1) is 9.73. The Balaban J connectivity index is 1.74. The second-order valence-electron chi connectivity index (χ2n) is 6.33. The Bertz CT molecular complexity index is 445. The third kappa shape index (κ3) is 3.29. The summed E-state index contributed by atoms with van der Waals surface area (Å²) in [7, 11) is 0. The van der Waals surface area contributed by atoms with Crippen LogP contribution in [0, 0.1) is 11.3 Å². The van der Waals surface area contributed by atoms with Crippen LogP contribution in [0.25, 0.3) is 0 Å². The molecule has 0 radical (unpaired) electrons. The Morgan fingerprint density at radius 3 is 3.00 bits per heavy atom. The van der Waals surface area contributed by atoms with Gasteiger partial charge in [-0.1, -0.05) is 6.92 Å². The minimum Gasteiger partial charge on any atom is -0.377 e. The summed E-state index contributed by atoms with van der Waals surface area (Å²) in [5.74, 6) is 0.823. The molecule has 2 aliphatic rings. The summed E-state index contributed by atoms with van der Waals surface area (Å²) in [5.41, 5.74) is 0.320. The Morgan fingerprint density at radius 2 is 2.35 bits per heavy atom. The van der Waals surface area contributed by atoms with E-state index < -0.39 is 0 Å². The minimum atomic E-state index is 0.320. The van der Waals surface area contributed by atoms with Crippen LogP contribution in [0.5, 0.6) is 0 Å². The maximum Gasteiger partial charge on any atom is 0.0675 e. The molecule has 112 valence electrons. The van der Waals surface area contributed by atoms with Crippen molar-refractivity contribution >= 4 is 27.3 Å². The van der Waals surface area contributed by atoms with E-state index in [0.717, 1.165) is 25.6 Å². The monoisotopic (exact) mass is 357 g/mol. The molecular weight excluding hydrogens is 334 g/mol. The molecule has 2 unspecified atom stereocenters. The van der Waals surface area contributed by atoms with Gasteiger partial charge in [0.2, 0.25) is 0 Å². The Kier molecular flexibility index (Phi) is 4.86. The standard InChI is InChI=1S/C16H24BrNOS/c1-2-6-18-11-16(9-14-8-13(17)10-20-14)5-7-19-15(16)12-3-4-12/h8,10,12,15,18H,2-7,9,11H2,1H3. The third-order valence-electron chi connectivity index (χ3n) is 4.60. The Labute approximate surface area is 134 Å². The zero-order valence-electron chi connectivity index (χ0n) is 12.2. The maximum absolute atomic E-state index is 6.16. The van der Waals surface area contributed by atoms with Gasteiger partial charge in [0.25, 0.3) is 0 Å². The summed E-state index contributed by atoms with van der Waals surface area (Å²) in [5, 5.41) is 5.87. The quantitative estimate of drug-likeness (QED) is 0.737. The molecule has 1 N–H and O–H groups in total. The number of nitrogens with one attached hydrogen (secondary N) is 1. The fourth-order valence-electron chi connectivity index (χ4n) is 3.49. The van der Waals surface area contributed by atoms with E-state index in [2.05, 4.69) is 39.6 Å². The van der Waals surface area contributed by atoms with Gasteiger partial charge >= 0.3 is 0 Å². The lowest BCUT2D eigenvalue weighted by Crippen LogP contribution is -2.43. The average Bonchev–Trinajstić information content (AvgIpc) is 3.07. The van der Waals surface area contributed by atoms with Crippen LogP contribution < -0.4 is 5.32 Å². The topological polar surface area (TPSA) is 21.3 Å². The van der Waals surface area contributed by atoms with Gasteiger partial charge in [0.15, 0.2) is 0 Å². The highest BCUT2D eigenvalue weighted by atomic mass is 79.9. The SMILES string of the molecule is CCCNCC1(Cc2cc(Br)cs2)CCOC1C1CC1. The van der Waals surface area contributed by atoms with E-state index in [-0.39, 0.29) is 0 Å². The predicted octanol–water partition coefficient (Wildman–Crippen LogP) is 4.24. The molecule has 2 atom stereocenters. The summed E-state index contributed by atoms with van der Waals surface area (Å²) in [6, 6.07) is 2.29. The van der Waals surface area contributed by atoms with Crippen molar-refractivity contribution in [1.82, 2.24) is 5.32 Å². The molecule has 1 aliphatic heterocycles.